The molecule has 3 aromatic rings. The number of anilines is 1. The van der Waals surface area contributed by atoms with E-state index in [9.17, 15) is 14.4 Å². The number of carbonyl (C=O) groups is 3. The molecule has 1 saturated heterocycles. The van der Waals surface area contributed by atoms with Crippen LogP contribution in [0.1, 0.15) is 77.7 Å². The Balaban J connectivity index is 1.37. The van der Waals surface area contributed by atoms with Crippen molar-refractivity contribution in [3.63, 3.8) is 0 Å². The largest absolute Gasteiger partial charge is 0.364 e. The number of amides is 2. The van der Waals surface area contributed by atoms with Crippen LogP contribution in [0.25, 0.3) is 11.3 Å². The number of benzene rings is 1. The van der Waals surface area contributed by atoms with Gasteiger partial charge in [-0.1, -0.05) is 18.9 Å². The van der Waals surface area contributed by atoms with Crippen LogP contribution in [0.15, 0.2) is 30.5 Å². The van der Waals surface area contributed by atoms with E-state index in [-0.39, 0.29) is 23.2 Å². The minimum atomic E-state index is -0.761. The number of ketones is 1. The molecular formula is C27H31FN6O4. The molecule has 2 amide bonds. The molecule has 1 aliphatic carbocycles. The molecule has 5 rings (SSSR count). The number of carbonyl (C=O) groups excluding carboxylic acids is 3. The van der Waals surface area contributed by atoms with Gasteiger partial charge in [0, 0.05) is 24.0 Å². The van der Waals surface area contributed by atoms with Gasteiger partial charge in [0.05, 0.1) is 28.8 Å². The van der Waals surface area contributed by atoms with Crippen LogP contribution in [0, 0.1) is 24.6 Å². The van der Waals surface area contributed by atoms with Crippen LogP contribution in [0.5, 0.6) is 0 Å². The molecule has 0 bridgehead atoms. The number of halogens is 1. The fraction of sp³-hybridized carbons (Fsp3) is 0.444. The van der Waals surface area contributed by atoms with Crippen LogP contribution in [0.4, 0.5) is 10.1 Å². The summed E-state index contributed by atoms with van der Waals surface area (Å²) >= 11 is 0. The maximum atomic E-state index is 15.5. The Labute approximate surface area is 219 Å². The van der Waals surface area contributed by atoms with Crippen molar-refractivity contribution in [3.8, 4) is 11.3 Å². The van der Waals surface area contributed by atoms with Crippen molar-refractivity contribution in [3.05, 3.63) is 53.2 Å². The van der Waals surface area contributed by atoms with Gasteiger partial charge < -0.3 is 15.8 Å². The van der Waals surface area contributed by atoms with Gasteiger partial charge in [-0.15, -0.1) is 0 Å². The number of ether oxygens (including phenoxy) is 1. The SMILES string of the molecule is Cc1cc(-c2ccc(C(=O)C3CCCCC3C(=O)Nc3cn[nH]c3C(N)=O)c(F)c2)n(C2CCCCO2)n1. The molecule has 0 radical (unpaired) electrons. The molecule has 200 valence electrons. The molecule has 4 N–H and O–H groups in total. The lowest BCUT2D eigenvalue weighted by Gasteiger charge is -2.29. The summed E-state index contributed by atoms with van der Waals surface area (Å²) in [5.74, 6) is -3.58. The highest BCUT2D eigenvalue weighted by Gasteiger charge is 2.37. The van der Waals surface area contributed by atoms with E-state index >= 15 is 4.39 Å². The third-order valence-corrected chi connectivity index (χ3v) is 7.40. The van der Waals surface area contributed by atoms with E-state index < -0.39 is 35.3 Å². The van der Waals surface area contributed by atoms with E-state index in [1.165, 1.54) is 18.3 Å². The number of aromatic nitrogens is 4. The number of aryl methyl sites for hydroxylation is 1. The van der Waals surface area contributed by atoms with Crippen LogP contribution in [-0.2, 0) is 9.53 Å². The summed E-state index contributed by atoms with van der Waals surface area (Å²) in [6.45, 7) is 2.53. The highest BCUT2D eigenvalue weighted by Crippen LogP contribution is 2.36. The Bertz CT molecular complexity index is 1360. The second kappa shape index (κ2) is 10.9. The Hall–Kier alpha value is -3.86. The highest BCUT2D eigenvalue weighted by atomic mass is 19.1. The molecule has 0 spiro atoms. The lowest BCUT2D eigenvalue weighted by molar-refractivity contribution is -0.122. The van der Waals surface area contributed by atoms with Crippen LogP contribution in [0.3, 0.4) is 0 Å². The maximum absolute atomic E-state index is 15.5. The average Bonchev–Trinajstić information content (AvgIpc) is 3.55. The van der Waals surface area contributed by atoms with Crippen LogP contribution < -0.4 is 11.1 Å². The second-order valence-corrected chi connectivity index (χ2v) is 10.0. The number of nitrogens with zero attached hydrogens (tertiary/aromatic N) is 3. The molecule has 2 fully saturated rings. The zero-order chi connectivity index (χ0) is 26.8. The van der Waals surface area contributed by atoms with Gasteiger partial charge in [-0.25, -0.2) is 9.07 Å². The molecule has 2 aliphatic rings. The lowest BCUT2D eigenvalue weighted by atomic mass is 9.74. The van der Waals surface area contributed by atoms with E-state index in [0.29, 0.717) is 25.0 Å². The summed E-state index contributed by atoms with van der Waals surface area (Å²) in [7, 11) is 0. The van der Waals surface area contributed by atoms with Crippen molar-refractivity contribution in [1.29, 1.82) is 0 Å². The van der Waals surface area contributed by atoms with Gasteiger partial charge in [0.1, 0.15) is 11.5 Å². The smallest absolute Gasteiger partial charge is 0.268 e. The Morgan fingerprint density at radius 2 is 1.87 bits per heavy atom. The first-order valence-electron chi connectivity index (χ1n) is 13.0. The van der Waals surface area contributed by atoms with Gasteiger partial charge >= 0.3 is 0 Å². The normalized spacial score (nSPS) is 21.7. The van der Waals surface area contributed by atoms with Gasteiger partial charge in [0.15, 0.2) is 12.0 Å². The molecule has 1 aromatic carbocycles. The van der Waals surface area contributed by atoms with E-state index in [1.54, 1.807) is 10.7 Å². The van der Waals surface area contributed by atoms with E-state index in [4.69, 9.17) is 10.5 Å². The van der Waals surface area contributed by atoms with Crippen molar-refractivity contribution in [2.75, 3.05) is 11.9 Å². The molecule has 10 nitrogen and oxygen atoms in total. The monoisotopic (exact) mass is 522 g/mol. The summed E-state index contributed by atoms with van der Waals surface area (Å²) in [5, 5.41) is 13.4. The zero-order valence-corrected chi connectivity index (χ0v) is 21.2. The lowest BCUT2D eigenvalue weighted by Crippen LogP contribution is -2.36. The van der Waals surface area contributed by atoms with Crippen molar-refractivity contribution < 1.29 is 23.5 Å². The number of H-pyrrole nitrogens is 1. The molecule has 38 heavy (non-hydrogen) atoms. The van der Waals surface area contributed by atoms with E-state index in [0.717, 1.165) is 43.5 Å². The molecule has 2 aromatic heterocycles. The number of hydrogen-bond donors (Lipinski definition) is 3. The zero-order valence-electron chi connectivity index (χ0n) is 21.2. The first-order chi connectivity index (χ1) is 18.3. The van der Waals surface area contributed by atoms with Gasteiger partial charge in [-0.05, 0) is 57.2 Å². The third-order valence-electron chi connectivity index (χ3n) is 7.40. The molecule has 3 unspecified atom stereocenters. The fourth-order valence-electron chi connectivity index (χ4n) is 5.50. The molecule has 11 heteroatoms. The minimum absolute atomic E-state index is 0.0215. The number of Topliss-reactive ketones (excluding diaryl/α,β-unsaturated/α-hetero) is 1. The van der Waals surface area contributed by atoms with E-state index in [1.807, 2.05) is 13.0 Å². The quantitative estimate of drug-likeness (QED) is 0.398. The molecule has 1 aliphatic heterocycles. The van der Waals surface area contributed by atoms with Gasteiger partial charge in [0.2, 0.25) is 5.91 Å². The first-order valence-corrected chi connectivity index (χ1v) is 13.0. The Kier molecular flexibility index (Phi) is 7.37. The number of hydrogen-bond acceptors (Lipinski definition) is 6. The Morgan fingerprint density at radius 3 is 2.58 bits per heavy atom. The highest BCUT2D eigenvalue weighted by molar-refractivity contribution is 6.05. The van der Waals surface area contributed by atoms with Crippen molar-refractivity contribution in [2.45, 2.75) is 58.1 Å². The first kappa shape index (κ1) is 25.8. The molecule has 1 saturated carbocycles. The number of nitrogens with one attached hydrogen (secondary N) is 2. The molecular weight excluding hydrogens is 491 g/mol. The van der Waals surface area contributed by atoms with Crippen molar-refractivity contribution in [2.24, 2.45) is 17.6 Å². The van der Waals surface area contributed by atoms with Gasteiger partial charge in [-0.3, -0.25) is 19.5 Å². The summed E-state index contributed by atoms with van der Waals surface area (Å²) in [4.78, 5) is 38.2. The second-order valence-electron chi connectivity index (χ2n) is 10.0. The summed E-state index contributed by atoms with van der Waals surface area (Å²) < 4.78 is 23.1. The summed E-state index contributed by atoms with van der Waals surface area (Å²) in [5.41, 5.74) is 7.53. The number of nitrogens with two attached hydrogens (primary N) is 1. The van der Waals surface area contributed by atoms with Gasteiger partial charge in [0.25, 0.3) is 5.91 Å². The minimum Gasteiger partial charge on any atom is -0.364 e. The van der Waals surface area contributed by atoms with Gasteiger partial charge in [-0.2, -0.15) is 10.2 Å². The van der Waals surface area contributed by atoms with E-state index in [2.05, 4.69) is 20.6 Å². The van der Waals surface area contributed by atoms with Crippen molar-refractivity contribution >= 4 is 23.3 Å². The van der Waals surface area contributed by atoms with Crippen molar-refractivity contribution in [1.82, 2.24) is 20.0 Å². The van der Waals surface area contributed by atoms with Crippen LogP contribution >= 0.6 is 0 Å². The fourth-order valence-corrected chi connectivity index (χ4v) is 5.50. The summed E-state index contributed by atoms with van der Waals surface area (Å²) in [6.07, 6.45) is 6.43. The van der Waals surface area contributed by atoms with Crippen LogP contribution in [-0.4, -0.2) is 44.2 Å². The number of rotatable bonds is 7. The maximum Gasteiger partial charge on any atom is 0.268 e. The average molecular weight is 523 g/mol. The Morgan fingerprint density at radius 1 is 1.11 bits per heavy atom. The standard InChI is InChI=1S/C27H31FN6O4/c1-15-12-22(34(33-15)23-8-4-5-11-38-23)16-9-10-19(20(28)13-16)25(35)17-6-2-3-7-18(17)27(37)31-21-14-30-32-24(21)26(29)36/h9-10,12-14,17-18,23H,2-8,11H2,1H3,(H2,29,36)(H,30,32)(H,31,37). The number of aromatic amines is 1. The van der Waals surface area contributed by atoms with Crippen LogP contribution in [0.2, 0.25) is 0 Å². The predicted octanol–water partition coefficient (Wildman–Crippen LogP) is 4.15. The topological polar surface area (TPSA) is 145 Å². The number of primary amides is 1. The predicted molar refractivity (Wildman–Crippen MR) is 137 cm³/mol. The molecule has 3 atom stereocenters. The third kappa shape index (κ3) is 5.10. The summed E-state index contributed by atoms with van der Waals surface area (Å²) in [6, 6.07) is 6.44. The molecule has 3 heterocycles.